The molecular formula is C15H26O4. The molecule has 2 rings (SSSR count). The van der Waals surface area contributed by atoms with Crippen LogP contribution < -0.4 is 0 Å². The lowest BCUT2D eigenvalue weighted by Crippen LogP contribution is -2.42. The number of unbranched alkanes of at least 4 members (excludes halogenated alkanes) is 4. The predicted molar refractivity (Wildman–Crippen MR) is 71.7 cm³/mol. The molecule has 4 nitrogen and oxygen atoms in total. The molecule has 0 unspecified atom stereocenters. The van der Waals surface area contributed by atoms with Crippen LogP contribution in [-0.4, -0.2) is 31.6 Å². The van der Waals surface area contributed by atoms with Gasteiger partial charge in [0.2, 0.25) is 0 Å². The Morgan fingerprint density at radius 3 is 2.84 bits per heavy atom. The smallest absolute Gasteiger partial charge is 0.313 e. The summed E-state index contributed by atoms with van der Waals surface area (Å²) in [7, 11) is 0. The first-order valence-electron chi connectivity index (χ1n) is 7.72. The van der Waals surface area contributed by atoms with Crippen LogP contribution in [0.25, 0.3) is 0 Å². The molecule has 0 spiro atoms. The fraction of sp³-hybridized carbons (Fsp3) is 0.933. The first-order valence-corrected chi connectivity index (χ1v) is 7.72. The van der Waals surface area contributed by atoms with Crippen molar-refractivity contribution >= 4 is 5.97 Å². The van der Waals surface area contributed by atoms with E-state index >= 15 is 0 Å². The van der Waals surface area contributed by atoms with Crippen LogP contribution in [0.2, 0.25) is 0 Å². The Morgan fingerprint density at radius 2 is 2.00 bits per heavy atom. The highest BCUT2D eigenvalue weighted by Crippen LogP contribution is 2.30. The maximum atomic E-state index is 12.0. The van der Waals surface area contributed by atoms with Crippen molar-refractivity contribution in [2.45, 2.75) is 70.5 Å². The predicted octanol–water partition coefficient (Wildman–Crippen LogP) is 3.04. The number of hydrogen-bond donors (Lipinski definition) is 0. The van der Waals surface area contributed by atoms with Crippen molar-refractivity contribution in [3.8, 4) is 0 Å². The van der Waals surface area contributed by atoms with Crippen LogP contribution in [0.15, 0.2) is 0 Å². The Hall–Kier alpha value is -0.610. The first kappa shape index (κ1) is 14.8. The van der Waals surface area contributed by atoms with E-state index < -0.39 is 0 Å². The number of carbonyl (C=O) groups excluding carboxylic acids is 1. The van der Waals surface area contributed by atoms with Crippen molar-refractivity contribution in [2.24, 2.45) is 5.92 Å². The van der Waals surface area contributed by atoms with E-state index in [-0.39, 0.29) is 30.9 Å². The Balaban J connectivity index is 1.84. The molecule has 0 bridgehead atoms. The van der Waals surface area contributed by atoms with E-state index in [1.165, 1.54) is 25.7 Å². The summed E-state index contributed by atoms with van der Waals surface area (Å²) in [4.78, 5) is 12.0. The highest BCUT2D eigenvalue weighted by molar-refractivity contribution is 5.73. The van der Waals surface area contributed by atoms with Gasteiger partial charge in [-0.2, -0.15) is 0 Å². The summed E-state index contributed by atoms with van der Waals surface area (Å²) in [5.41, 5.74) is 0. The molecule has 19 heavy (non-hydrogen) atoms. The number of carbonyl (C=O) groups is 1. The zero-order valence-corrected chi connectivity index (χ0v) is 11.9. The largest absolute Gasteiger partial charge is 0.438 e. The molecule has 2 aliphatic heterocycles. The minimum atomic E-state index is -0.134. The number of cyclic esters (lactones) is 1. The van der Waals surface area contributed by atoms with Crippen molar-refractivity contribution < 1.29 is 19.0 Å². The van der Waals surface area contributed by atoms with Gasteiger partial charge in [0.1, 0.15) is 0 Å². The van der Waals surface area contributed by atoms with Gasteiger partial charge in [-0.15, -0.1) is 0 Å². The van der Waals surface area contributed by atoms with Crippen LogP contribution in [0.4, 0.5) is 0 Å². The van der Waals surface area contributed by atoms with Crippen LogP contribution in [0.3, 0.4) is 0 Å². The zero-order chi connectivity index (χ0) is 13.5. The molecule has 0 aliphatic carbocycles. The average molecular weight is 270 g/mol. The van der Waals surface area contributed by atoms with Crippen molar-refractivity contribution in [2.75, 3.05) is 13.4 Å². The zero-order valence-electron chi connectivity index (χ0n) is 11.9. The fourth-order valence-corrected chi connectivity index (χ4v) is 3.00. The number of hydrogen-bond acceptors (Lipinski definition) is 4. The molecule has 2 saturated heterocycles. The normalized spacial score (nSPS) is 31.4. The van der Waals surface area contributed by atoms with E-state index in [4.69, 9.17) is 14.2 Å². The number of rotatable bonds is 6. The lowest BCUT2D eigenvalue weighted by atomic mass is 9.89. The molecule has 0 aromatic rings. The molecule has 2 aliphatic rings. The van der Waals surface area contributed by atoms with Gasteiger partial charge >= 0.3 is 5.97 Å². The third-order valence-corrected chi connectivity index (χ3v) is 4.11. The van der Waals surface area contributed by atoms with Gasteiger partial charge in [-0.3, -0.25) is 4.79 Å². The van der Waals surface area contributed by atoms with Crippen LogP contribution in [0, 0.1) is 5.92 Å². The summed E-state index contributed by atoms with van der Waals surface area (Å²) in [6.07, 6.45) is 8.86. The van der Waals surface area contributed by atoms with E-state index in [1.807, 2.05) is 0 Å². The van der Waals surface area contributed by atoms with Crippen LogP contribution >= 0.6 is 0 Å². The highest BCUT2D eigenvalue weighted by atomic mass is 16.7. The summed E-state index contributed by atoms with van der Waals surface area (Å²) in [6.45, 7) is 3.04. The summed E-state index contributed by atoms with van der Waals surface area (Å²) in [5.74, 6) is -0.265. The molecule has 2 heterocycles. The molecule has 2 fully saturated rings. The van der Waals surface area contributed by atoms with E-state index in [0.717, 1.165) is 32.3 Å². The minimum absolute atomic E-state index is 0.0424. The Morgan fingerprint density at radius 1 is 1.16 bits per heavy atom. The maximum Gasteiger partial charge on any atom is 0.313 e. The van der Waals surface area contributed by atoms with Gasteiger partial charge in [-0.25, -0.2) is 0 Å². The van der Waals surface area contributed by atoms with Gasteiger partial charge in [0.25, 0.3) is 0 Å². The van der Waals surface area contributed by atoms with Crippen LogP contribution in [0.5, 0.6) is 0 Å². The second kappa shape index (κ2) is 7.85. The summed E-state index contributed by atoms with van der Waals surface area (Å²) in [6, 6.07) is 0. The Labute approximate surface area is 115 Å². The van der Waals surface area contributed by atoms with Gasteiger partial charge < -0.3 is 14.2 Å². The molecule has 4 heteroatoms. The maximum absolute atomic E-state index is 12.0. The lowest BCUT2D eigenvalue weighted by Gasteiger charge is -2.32. The lowest BCUT2D eigenvalue weighted by molar-refractivity contribution is -0.157. The summed E-state index contributed by atoms with van der Waals surface area (Å²) in [5, 5.41) is 0. The molecule has 0 amide bonds. The third-order valence-electron chi connectivity index (χ3n) is 4.11. The van der Waals surface area contributed by atoms with Gasteiger partial charge in [-0.1, -0.05) is 39.0 Å². The molecule has 0 aromatic carbocycles. The fourth-order valence-electron chi connectivity index (χ4n) is 3.00. The number of ether oxygens (including phenoxy) is 3. The van der Waals surface area contributed by atoms with Crippen molar-refractivity contribution in [3.63, 3.8) is 0 Å². The van der Waals surface area contributed by atoms with Crippen LogP contribution in [-0.2, 0) is 19.0 Å². The molecule has 3 atom stereocenters. The van der Waals surface area contributed by atoms with Gasteiger partial charge in [0.05, 0.1) is 18.1 Å². The third kappa shape index (κ3) is 4.18. The topological polar surface area (TPSA) is 44.8 Å². The van der Waals surface area contributed by atoms with Crippen molar-refractivity contribution in [1.82, 2.24) is 0 Å². The molecule has 110 valence electrons. The standard InChI is InChI=1S/C15H26O4/c1-2-3-4-5-6-8-12-14-13(9-7-10-17-14)18-11-19-15(12)16/h12-14H,2-11H2,1H3/t12-,13+,14+/m0/s1. The Kier molecular flexibility index (Phi) is 6.11. The molecule has 0 N–H and O–H groups in total. The molecule has 0 radical (unpaired) electrons. The van der Waals surface area contributed by atoms with Gasteiger partial charge in [-0.05, 0) is 19.3 Å². The SMILES string of the molecule is CCCCCCC[C@@H]1C(=O)OCO[C@@H]2CCCO[C@H]12. The second-order valence-corrected chi connectivity index (χ2v) is 5.57. The molecular weight excluding hydrogens is 244 g/mol. The molecule has 0 aromatic heterocycles. The number of esters is 1. The minimum Gasteiger partial charge on any atom is -0.438 e. The molecule has 0 saturated carbocycles. The quantitative estimate of drug-likeness (QED) is 0.549. The average Bonchev–Trinajstić information content (AvgIpc) is 2.58. The Bertz CT molecular complexity index is 279. The summed E-state index contributed by atoms with van der Waals surface area (Å²) >= 11 is 0. The van der Waals surface area contributed by atoms with Gasteiger partial charge in [0.15, 0.2) is 6.79 Å². The van der Waals surface area contributed by atoms with Crippen LogP contribution in [0.1, 0.15) is 58.3 Å². The monoisotopic (exact) mass is 270 g/mol. The van der Waals surface area contributed by atoms with E-state index in [1.54, 1.807) is 0 Å². The van der Waals surface area contributed by atoms with Gasteiger partial charge in [0, 0.05) is 6.61 Å². The summed E-state index contributed by atoms with van der Waals surface area (Å²) < 4.78 is 16.5. The van der Waals surface area contributed by atoms with E-state index in [2.05, 4.69) is 6.92 Å². The van der Waals surface area contributed by atoms with Crippen molar-refractivity contribution in [1.29, 1.82) is 0 Å². The number of fused-ring (bicyclic) bond motifs is 1. The van der Waals surface area contributed by atoms with E-state index in [0.29, 0.717) is 0 Å². The first-order chi connectivity index (χ1) is 9.33. The highest BCUT2D eigenvalue weighted by Gasteiger charge is 2.40. The van der Waals surface area contributed by atoms with Crippen molar-refractivity contribution in [3.05, 3.63) is 0 Å². The van der Waals surface area contributed by atoms with E-state index in [9.17, 15) is 4.79 Å². The second-order valence-electron chi connectivity index (χ2n) is 5.57.